The molecule has 0 bridgehead atoms. The Labute approximate surface area is 115 Å². The molecule has 2 unspecified atom stereocenters. The molecular weight excluding hydrogens is 299 g/mol. The van der Waals surface area contributed by atoms with Gasteiger partial charge in [-0.25, -0.2) is 4.39 Å². The summed E-state index contributed by atoms with van der Waals surface area (Å²) in [7, 11) is 0. The third-order valence-corrected chi connectivity index (χ3v) is 4.05. The van der Waals surface area contributed by atoms with Gasteiger partial charge in [-0.1, -0.05) is 22.0 Å². The van der Waals surface area contributed by atoms with Gasteiger partial charge in [-0.3, -0.25) is 4.90 Å². The number of nitrogens with two attached hydrogens (primary N) is 1. The molecule has 0 amide bonds. The second kappa shape index (κ2) is 6.10. The molecule has 2 rings (SSSR count). The van der Waals surface area contributed by atoms with Crippen molar-refractivity contribution >= 4 is 15.9 Å². The lowest BCUT2D eigenvalue weighted by Gasteiger charge is -2.39. The van der Waals surface area contributed by atoms with Crippen molar-refractivity contribution in [3.63, 3.8) is 0 Å². The molecule has 0 saturated carbocycles. The molecule has 0 aliphatic carbocycles. The number of benzene rings is 1. The van der Waals surface area contributed by atoms with Crippen LogP contribution in [0.1, 0.15) is 18.5 Å². The normalized spacial score (nSPS) is 23.0. The van der Waals surface area contributed by atoms with Crippen LogP contribution in [0.2, 0.25) is 0 Å². The largest absolute Gasteiger partial charge is 0.379 e. The molecule has 18 heavy (non-hydrogen) atoms. The fourth-order valence-corrected chi connectivity index (χ4v) is 3.03. The average molecular weight is 317 g/mol. The Bertz CT molecular complexity index is 416. The highest BCUT2D eigenvalue weighted by molar-refractivity contribution is 9.10. The number of nitrogens with zero attached hydrogens (tertiary/aromatic N) is 1. The predicted molar refractivity (Wildman–Crippen MR) is 72.9 cm³/mol. The number of morpholine rings is 1. The second-order valence-electron chi connectivity index (χ2n) is 4.58. The molecule has 1 aliphatic heterocycles. The van der Waals surface area contributed by atoms with Gasteiger partial charge >= 0.3 is 0 Å². The molecule has 0 spiro atoms. The number of halogens is 2. The van der Waals surface area contributed by atoms with E-state index in [2.05, 4.69) is 27.8 Å². The van der Waals surface area contributed by atoms with Crippen molar-refractivity contribution in [1.82, 2.24) is 4.90 Å². The summed E-state index contributed by atoms with van der Waals surface area (Å²) in [4.78, 5) is 2.32. The Morgan fingerprint density at radius 1 is 1.61 bits per heavy atom. The monoisotopic (exact) mass is 316 g/mol. The average Bonchev–Trinajstić information content (AvgIpc) is 2.34. The molecule has 1 fully saturated rings. The minimum Gasteiger partial charge on any atom is -0.379 e. The molecule has 1 aliphatic rings. The lowest BCUT2D eigenvalue weighted by atomic mass is 10.0. The summed E-state index contributed by atoms with van der Waals surface area (Å²) in [6, 6.07) is 5.19. The lowest BCUT2D eigenvalue weighted by molar-refractivity contribution is -0.0210. The summed E-state index contributed by atoms with van der Waals surface area (Å²) in [5.41, 5.74) is 6.94. The van der Waals surface area contributed by atoms with E-state index in [1.54, 1.807) is 6.07 Å². The fourth-order valence-electron chi connectivity index (χ4n) is 2.42. The molecule has 2 atom stereocenters. The van der Waals surface area contributed by atoms with Gasteiger partial charge in [-0.05, 0) is 24.6 Å². The molecule has 5 heteroatoms. The second-order valence-corrected chi connectivity index (χ2v) is 5.43. The van der Waals surface area contributed by atoms with Crippen molar-refractivity contribution < 1.29 is 9.13 Å². The molecule has 1 aromatic carbocycles. The third-order valence-electron chi connectivity index (χ3n) is 3.36. The van der Waals surface area contributed by atoms with Crippen LogP contribution < -0.4 is 5.73 Å². The Morgan fingerprint density at radius 2 is 2.39 bits per heavy atom. The molecule has 1 saturated heterocycles. The van der Waals surface area contributed by atoms with Crippen molar-refractivity contribution in [2.45, 2.75) is 19.0 Å². The summed E-state index contributed by atoms with van der Waals surface area (Å²) in [6.45, 7) is 4.93. The maximum Gasteiger partial charge on any atom is 0.124 e. The Hall–Kier alpha value is -0.490. The van der Waals surface area contributed by atoms with E-state index < -0.39 is 0 Å². The summed E-state index contributed by atoms with van der Waals surface area (Å²) < 4.78 is 19.4. The van der Waals surface area contributed by atoms with Crippen molar-refractivity contribution in [2.24, 2.45) is 5.73 Å². The Balaban J connectivity index is 2.26. The quantitative estimate of drug-likeness (QED) is 0.930. The van der Waals surface area contributed by atoms with Crippen LogP contribution in [0.3, 0.4) is 0 Å². The van der Waals surface area contributed by atoms with Crippen molar-refractivity contribution in [1.29, 1.82) is 0 Å². The van der Waals surface area contributed by atoms with Gasteiger partial charge in [-0.15, -0.1) is 0 Å². The van der Waals surface area contributed by atoms with Crippen LogP contribution in [0.25, 0.3) is 0 Å². The van der Waals surface area contributed by atoms with Gasteiger partial charge in [0.25, 0.3) is 0 Å². The van der Waals surface area contributed by atoms with E-state index in [-0.39, 0.29) is 11.9 Å². The molecule has 0 aromatic heterocycles. The number of rotatable bonds is 3. The lowest BCUT2D eigenvalue weighted by Crippen LogP contribution is -2.47. The van der Waals surface area contributed by atoms with E-state index in [4.69, 9.17) is 10.5 Å². The first kappa shape index (κ1) is 13.9. The Morgan fingerprint density at radius 3 is 3.00 bits per heavy atom. The minimum atomic E-state index is -0.239. The Kier molecular flexibility index (Phi) is 4.72. The van der Waals surface area contributed by atoms with Crippen LogP contribution >= 0.6 is 15.9 Å². The summed E-state index contributed by atoms with van der Waals surface area (Å²) in [5, 5.41) is 0. The zero-order chi connectivity index (χ0) is 13.1. The van der Waals surface area contributed by atoms with Crippen LogP contribution in [-0.4, -0.2) is 37.2 Å². The maximum absolute atomic E-state index is 13.1. The fraction of sp³-hybridized carbons (Fsp3) is 0.538. The van der Waals surface area contributed by atoms with Crippen molar-refractivity contribution in [3.05, 3.63) is 34.1 Å². The van der Waals surface area contributed by atoms with E-state index in [0.717, 1.165) is 29.8 Å². The zero-order valence-corrected chi connectivity index (χ0v) is 12.0. The van der Waals surface area contributed by atoms with Crippen LogP contribution in [0.5, 0.6) is 0 Å². The van der Waals surface area contributed by atoms with Crippen LogP contribution in [0, 0.1) is 5.82 Å². The van der Waals surface area contributed by atoms with Gasteiger partial charge in [0.05, 0.1) is 13.2 Å². The first-order chi connectivity index (χ1) is 8.63. The van der Waals surface area contributed by atoms with Crippen LogP contribution in [-0.2, 0) is 4.74 Å². The van der Waals surface area contributed by atoms with Gasteiger partial charge in [-0.2, -0.15) is 0 Å². The van der Waals surface area contributed by atoms with E-state index in [1.165, 1.54) is 12.1 Å². The highest BCUT2D eigenvalue weighted by atomic mass is 79.9. The van der Waals surface area contributed by atoms with Gasteiger partial charge in [0.15, 0.2) is 0 Å². The van der Waals surface area contributed by atoms with Crippen molar-refractivity contribution in [2.75, 3.05) is 26.3 Å². The smallest absolute Gasteiger partial charge is 0.124 e. The van der Waals surface area contributed by atoms with E-state index in [1.807, 2.05) is 0 Å². The number of hydrogen-bond donors (Lipinski definition) is 1. The molecule has 3 nitrogen and oxygen atoms in total. The third kappa shape index (κ3) is 2.91. The molecule has 100 valence electrons. The molecular formula is C13H18BrFN2O. The summed E-state index contributed by atoms with van der Waals surface area (Å²) in [5.74, 6) is -0.239. The predicted octanol–water partition coefficient (Wildman–Crippen LogP) is 2.31. The van der Waals surface area contributed by atoms with Gasteiger partial charge < -0.3 is 10.5 Å². The maximum atomic E-state index is 13.1. The SMILES string of the molecule is CC1COCCN1C(CN)c1ccc(F)cc1Br. The highest BCUT2D eigenvalue weighted by Crippen LogP contribution is 2.30. The first-order valence-electron chi connectivity index (χ1n) is 6.12. The van der Waals surface area contributed by atoms with E-state index >= 15 is 0 Å². The van der Waals surface area contributed by atoms with E-state index in [0.29, 0.717) is 12.6 Å². The number of ether oxygens (including phenoxy) is 1. The van der Waals surface area contributed by atoms with Crippen LogP contribution in [0.15, 0.2) is 22.7 Å². The minimum absolute atomic E-state index is 0.0962. The van der Waals surface area contributed by atoms with Gasteiger partial charge in [0, 0.05) is 29.6 Å². The molecule has 1 aromatic rings. The highest BCUT2D eigenvalue weighted by Gasteiger charge is 2.27. The zero-order valence-electron chi connectivity index (χ0n) is 10.4. The standard InChI is InChI=1S/C13H18BrFN2O/c1-9-8-18-5-4-17(9)13(7-16)11-3-2-10(15)6-12(11)14/h2-3,6,9,13H,4-5,7-8,16H2,1H3. The van der Waals surface area contributed by atoms with Crippen molar-refractivity contribution in [3.8, 4) is 0 Å². The molecule has 0 radical (unpaired) electrons. The summed E-state index contributed by atoms with van der Waals surface area (Å²) in [6.07, 6.45) is 0. The molecule has 2 N–H and O–H groups in total. The topological polar surface area (TPSA) is 38.5 Å². The molecule has 1 heterocycles. The first-order valence-corrected chi connectivity index (χ1v) is 6.91. The summed E-state index contributed by atoms with van der Waals surface area (Å²) >= 11 is 3.42. The number of hydrogen-bond acceptors (Lipinski definition) is 3. The van der Waals surface area contributed by atoms with Gasteiger partial charge in [0.1, 0.15) is 5.82 Å². The van der Waals surface area contributed by atoms with Gasteiger partial charge in [0.2, 0.25) is 0 Å². The van der Waals surface area contributed by atoms with Crippen LogP contribution in [0.4, 0.5) is 4.39 Å². The van der Waals surface area contributed by atoms with E-state index in [9.17, 15) is 4.39 Å².